The van der Waals surface area contributed by atoms with Crippen LogP contribution in [0.1, 0.15) is 16.2 Å². The zero-order valence-corrected chi connectivity index (χ0v) is 8.80. The normalized spacial score (nSPS) is 10.1. The number of carbonyl (C=O) groups excluding carboxylic acids is 1. The van der Waals surface area contributed by atoms with E-state index < -0.39 is 5.97 Å². The van der Waals surface area contributed by atoms with Gasteiger partial charge in [-0.05, 0) is 13.0 Å². The van der Waals surface area contributed by atoms with E-state index in [4.69, 9.17) is 4.42 Å². The van der Waals surface area contributed by atoms with Crippen molar-refractivity contribution >= 4 is 5.97 Å². The zero-order valence-electron chi connectivity index (χ0n) is 8.80. The van der Waals surface area contributed by atoms with Crippen molar-refractivity contribution in [3.63, 3.8) is 0 Å². The molecule has 0 saturated carbocycles. The number of aromatic nitrogens is 3. The van der Waals surface area contributed by atoms with Gasteiger partial charge in [0.15, 0.2) is 5.69 Å². The van der Waals surface area contributed by atoms with Crippen molar-refractivity contribution in [1.29, 1.82) is 0 Å². The lowest BCUT2D eigenvalue weighted by Crippen LogP contribution is -2.03. The summed E-state index contributed by atoms with van der Waals surface area (Å²) in [5.41, 5.74) is 0.143. The highest BCUT2D eigenvalue weighted by molar-refractivity contribution is 5.88. The second kappa shape index (κ2) is 4.09. The lowest BCUT2D eigenvalue weighted by atomic mass is 10.4. The Morgan fingerprint density at radius 1 is 1.38 bits per heavy atom. The molecule has 0 aliphatic heterocycles. The third-order valence-electron chi connectivity index (χ3n) is 1.93. The van der Waals surface area contributed by atoms with Crippen LogP contribution in [0, 0.1) is 6.92 Å². The van der Waals surface area contributed by atoms with Crippen molar-refractivity contribution in [2.24, 2.45) is 0 Å². The molecule has 0 fully saturated rings. The van der Waals surface area contributed by atoms with Crippen molar-refractivity contribution in [3.05, 3.63) is 29.9 Å². The standard InChI is InChI=1S/C10H9N3O3/c1-6-7(10(14)15-2)13-9(16-6)8-11-4-3-5-12-8/h3-5H,1-2H3. The lowest BCUT2D eigenvalue weighted by Gasteiger charge is -1.91. The van der Waals surface area contributed by atoms with E-state index in [9.17, 15) is 4.79 Å². The van der Waals surface area contributed by atoms with Crippen LogP contribution in [0.3, 0.4) is 0 Å². The number of aryl methyl sites for hydroxylation is 1. The average Bonchev–Trinajstić information content (AvgIpc) is 2.71. The van der Waals surface area contributed by atoms with Gasteiger partial charge in [0, 0.05) is 12.4 Å². The maximum Gasteiger partial charge on any atom is 0.360 e. The average molecular weight is 219 g/mol. The predicted molar refractivity (Wildman–Crippen MR) is 53.6 cm³/mol. The molecule has 0 unspecified atom stereocenters. The Labute approximate surface area is 91.3 Å². The van der Waals surface area contributed by atoms with Crippen molar-refractivity contribution in [2.45, 2.75) is 6.92 Å². The molecule has 0 spiro atoms. The van der Waals surface area contributed by atoms with Gasteiger partial charge in [0.05, 0.1) is 7.11 Å². The molecule has 2 aromatic heterocycles. The van der Waals surface area contributed by atoms with E-state index in [-0.39, 0.29) is 11.6 Å². The second-order valence-electron chi connectivity index (χ2n) is 2.99. The largest absolute Gasteiger partial charge is 0.464 e. The van der Waals surface area contributed by atoms with Gasteiger partial charge in [0.25, 0.3) is 5.89 Å². The first kappa shape index (κ1) is 10.3. The molecule has 0 bridgehead atoms. The Balaban J connectivity index is 2.42. The molecule has 0 aliphatic carbocycles. The molecule has 2 rings (SSSR count). The smallest absolute Gasteiger partial charge is 0.360 e. The van der Waals surface area contributed by atoms with Crippen LogP contribution in [0.15, 0.2) is 22.9 Å². The number of esters is 1. The first-order valence-corrected chi connectivity index (χ1v) is 4.55. The van der Waals surface area contributed by atoms with E-state index in [1.165, 1.54) is 7.11 Å². The molecule has 6 heteroatoms. The molecule has 0 aromatic carbocycles. The van der Waals surface area contributed by atoms with Crippen LogP contribution in [-0.2, 0) is 4.74 Å². The molecule has 0 atom stereocenters. The first-order valence-electron chi connectivity index (χ1n) is 4.55. The van der Waals surface area contributed by atoms with Crippen LogP contribution in [0.2, 0.25) is 0 Å². The fraction of sp³-hybridized carbons (Fsp3) is 0.200. The highest BCUT2D eigenvalue weighted by atomic mass is 16.5. The number of hydrogen-bond acceptors (Lipinski definition) is 6. The summed E-state index contributed by atoms with van der Waals surface area (Å²) >= 11 is 0. The highest BCUT2D eigenvalue weighted by Gasteiger charge is 2.19. The lowest BCUT2D eigenvalue weighted by molar-refractivity contribution is 0.0593. The molecule has 0 radical (unpaired) electrons. The van der Waals surface area contributed by atoms with Crippen LogP contribution in [0.25, 0.3) is 11.7 Å². The van der Waals surface area contributed by atoms with E-state index in [0.717, 1.165) is 0 Å². The Morgan fingerprint density at radius 2 is 2.06 bits per heavy atom. The molecular formula is C10H9N3O3. The summed E-state index contributed by atoms with van der Waals surface area (Å²) < 4.78 is 9.85. The van der Waals surface area contributed by atoms with Crippen LogP contribution >= 0.6 is 0 Å². The molecule has 2 aromatic rings. The summed E-state index contributed by atoms with van der Waals surface area (Å²) in [6, 6.07) is 1.68. The first-order chi connectivity index (χ1) is 7.72. The predicted octanol–water partition coefficient (Wildman–Crippen LogP) is 1.23. The van der Waals surface area contributed by atoms with Crippen molar-refractivity contribution in [3.8, 4) is 11.7 Å². The summed E-state index contributed by atoms with van der Waals surface area (Å²) in [6.45, 7) is 1.63. The third kappa shape index (κ3) is 1.77. The minimum Gasteiger partial charge on any atom is -0.464 e. The van der Waals surface area contributed by atoms with E-state index in [0.29, 0.717) is 11.6 Å². The van der Waals surface area contributed by atoms with Gasteiger partial charge >= 0.3 is 5.97 Å². The fourth-order valence-corrected chi connectivity index (χ4v) is 1.19. The van der Waals surface area contributed by atoms with Gasteiger partial charge in [-0.1, -0.05) is 0 Å². The number of nitrogens with zero attached hydrogens (tertiary/aromatic N) is 3. The van der Waals surface area contributed by atoms with E-state index >= 15 is 0 Å². The van der Waals surface area contributed by atoms with E-state index in [2.05, 4.69) is 19.7 Å². The maximum atomic E-state index is 11.3. The second-order valence-corrected chi connectivity index (χ2v) is 2.99. The van der Waals surface area contributed by atoms with Crippen LogP contribution in [0.5, 0.6) is 0 Å². The van der Waals surface area contributed by atoms with E-state index in [1.54, 1.807) is 25.4 Å². The summed E-state index contributed by atoms with van der Waals surface area (Å²) in [5.74, 6) is 0.386. The quantitative estimate of drug-likeness (QED) is 0.707. The Kier molecular flexibility index (Phi) is 2.63. The van der Waals surface area contributed by atoms with Crippen LogP contribution in [0.4, 0.5) is 0 Å². The summed E-state index contributed by atoms with van der Waals surface area (Å²) in [7, 11) is 1.29. The highest BCUT2D eigenvalue weighted by Crippen LogP contribution is 2.18. The number of carbonyl (C=O) groups is 1. The fourth-order valence-electron chi connectivity index (χ4n) is 1.19. The summed E-state index contributed by atoms with van der Waals surface area (Å²) in [6.07, 6.45) is 3.14. The van der Waals surface area contributed by atoms with Gasteiger partial charge in [-0.2, -0.15) is 4.98 Å². The monoisotopic (exact) mass is 219 g/mol. The number of methoxy groups -OCH3 is 1. The number of rotatable bonds is 2. The molecule has 82 valence electrons. The Bertz CT molecular complexity index is 507. The van der Waals surface area contributed by atoms with Gasteiger partial charge < -0.3 is 9.15 Å². The van der Waals surface area contributed by atoms with Gasteiger partial charge in [-0.25, -0.2) is 14.8 Å². The number of oxazole rings is 1. The maximum absolute atomic E-state index is 11.3. The van der Waals surface area contributed by atoms with Gasteiger partial charge in [0.1, 0.15) is 5.76 Å². The summed E-state index contributed by atoms with van der Waals surface area (Å²) in [4.78, 5) is 23.2. The molecule has 0 aliphatic rings. The van der Waals surface area contributed by atoms with Gasteiger partial charge in [-0.15, -0.1) is 0 Å². The Hall–Kier alpha value is -2.24. The SMILES string of the molecule is COC(=O)c1nc(-c2ncccn2)oc1C. The molecule has 0 saturated heterocycles. The van der Waals surface area contributed by atoms with Crippen molar-refractivity contribution in [1.82, 2.24) is 15.0 Å². The molecule has 0 amide bonds. The number of ether oxygens (including phenoxy) is 1. The molecule has 2 heterocycles. The minimum atomic E-state index is -0.538. The topological polar surface area (TPSA) is 78.1 Å². The van der Waals surface area contributed by atoms with Crippen LogP contribution in [-0.4, -0.2) is 28.0 Å². The van der Waals surface area contributed by atoms with Crippen molar-refractivity contribution in [2.75, 3.05) is 7.11 Å². The van der Waals surface area contributed by atoms with Gasteiger partial charge in [0.2, 0.25) is 5.82 Å². The summed E-state index contributed by atoms with van der Waals surface area (Å²) in [5, 5.41) is 0. The molecule has 16 heavy (non-hydrogen) atoms. The van der Waals surface area contributed by atoms with Crippen molar-refractivity contribution < 1.29 is 13.9 Å². The number of hydrogen-bond donors (Lipinski definition) is 0. The van der Waals surface area contributed by atoms with Crippen LogP contribution < -0.4 is 0 Å². The van der Waals surface area contributed by atoms with Gasteiger partial charge in [-0.3, -0.25) is 0 Å². The molecule has 0 N–H and O–H groups in total. The minimum absolute atomic E-state index is 0.143. The van der Waals surface area contributed by atoms with E-state index in [1.807, 2.05) is 0 Å². The Morgan fingerprint density at radius 3 is 2.69 bits per heavy atom. The zero-order chi connectivity index (χ0) is 11.5. The third-order valence-corrected chi connectivity index (χ3v) is 1.93. The molecule has 6 nitrogen and oxygen atoms in total. The molecular weight excluding hydrogens is 210 g/mol.